The lowest BCUT2D eigenvalue weighted by Gasteiger charge is -2.29. The smallest absolute Gasteiger partial charge is 0.255 e. The number of methoxy groups -OCH3 is 1. The number of carbonyl (C=O) groups is 2. The highest BCUT2D eigenvalue weighted by Crippen LogP contribution is 2.33. The number of carbonyl (C=O) groups excluding carboxylic acids is 2. The number of hydrogen-bond acceptors (Lipinski definition) is 5. The molecule has 0 atom stereocenters. The van der Waals surface area contributed by atoms with Crippen molar-refractivity contribution in [2.75, 3.05) is 37.9 Å². The summed E-state index contributed by atoms with van der Waals surface area (Å²) in [7, 11) is 3.74. The third kappa shape index (κ3) is 8.46. The minimum atomic E-state index is -0.227. The van der Waals surface area contributed by atoms with E-state index in [1.807, 2.05) is 74.5 Å². The van der Waals surface area contributed by atoms with Crippen LogP contribution < -0.4 is 20.1 Å². The summed E-state index contributed by atoms with van der Waals surface area (Å²) in [5, 5.41) is 5.78. The lowest BCUT2D eigenvalue weighted by Crippen LogP contribution is -2.35. The van der Waals surface area contributed by atoms with Crippen LogP contribution in [0, 0.1) is 0 Å². The van der Waals surface area contributed by atoms with E-state index in [-0.39, 0.29) is 17.9 Å². The lowest BCUT2D eigenvalue weighted by atomic mass is 10.0. The average molecular weight is 580 g/mol. The Balaban J connectivity index is 0.00000207. The summed E-state index contributed by atoms with van der Waals surface area (Å²) in [5.74, 6) is 1.15. The number of likely N-dealkylation sites (tertiary alicyclic amines) is 1. The van der Waals surface area contributed by atoms with Crippen molar-refractivity contribution in [3.63, 3.8) is 0 Å². The fraction of sp³-hybridized carbons (Fsp3) is 0.278. The van der Waals surface area contributed by atoms with Gasteiger partial charge in [-0.2, -0.15) is 0 Å². The Labute approximate surface area is 254 Å². The number of piperidine rings is 1. The molecule has 0 bridgehead atoms. The zero-order valence-electron chi connectivity index (χ0n) is 25.6. The van der Waals surface area contributed by atoms with Crippen LogP contribution in [0.4, 0.5) is 11.4 Å². The average Bonchev–Trinajstić information content (AvgIpc) is 3.03. The summed E-state index contributed by atoms with van der Waals surface area (Å²) in [6.07, 6.45) is 2.38. The SMILES string of the molecule is CC.COc1ccc(C(=O)Nc2ccc(-c3ccc(OC4CCN(C)CC4)cc3)cc2)cc1-c1cccc(NC(C)=O)c1. The van der Waals surface area contributed by atoms with Crippen molar-refractivity contribution in [3.05, 3.63) is 96.6 Å². The van der Waals surface area contributed by atoms with Gasteiger partial charge in [0.15, 0.2) is 0 Å². The number of nitrogens with zero attached hydrogens (tertiary/aromatic N) is 1. The Morgan fingerprint density at radius 3 is 2.05 bits per heavy atom. The number of ether oxygens (including phenoxy) is 2. The van der Waals surface area contributed by atoms with E-state index >= 15 is 0 Å². The second-order valence-electron chi connectivity index (χ2n) is 10.4. The van der Waals surface area contributed by atoms with Crippen LogP contribution in [-0.4, -0.2) is 50.1 Å². The first-order valence-electron chi connectivity index (χ1n) is 14.8. The van der Waals surface area contributed by atoms with Gasteiger partial charge in [0, 0.05) is 42.5 Å². The number of benzene rings is 4. The molecular formula is C36H41N3O4. The molecular weight excluding hydrogens is 538 g/mol. The highest BCUT2D eigenvalue weighted by Gasteiger charge is 2.18. The second kappa shape index (κ2) is 15.0. The van der Waals surface area contributed by atoms with E-state index in [1.165, 1.54) is 6.92 Å². The Morgan fingerprint density at radius 1 is 0.767 bits per heavy atom. The van der Waals surface area contributed by atoms with Crippen LogP contribution in [0.5, 0.6) is 11.5 Å². The van der Waals surface area contributed by atoms with Crippen LogP contribution in [0.2, 0.25) is 0 Å². The maximum Gasteiger partial charge on any atom is 0.255 e. The largest absolute Gasteiger partial charge is 0.496 e. The molecule has 1 aliphatic heterocycles. The number of anilines is 2. The van der Waals surface area contributed by atoms with Crippen molar-refractivity contribution in [1.82, 2.24) is 4.90 Å². The van der Waals surface area contributed by atoms with Crippen LogP contribution in [0.25, 0.3) is 22.3 Å². The molecule has 4 aromatic rings. The molecule has 0 saturated carbocycles. The zero-order valence-corrected chi connectivity index (χ0v) is 25.6. The van der Waals surface area contributed by atoms with Gasteiger partial charge in [0.2, 0.25) is 5.91 Å². The minimum absolute atomic E-state index is 0.151. The van der Waals surface area contributed by atoms with Crippen molar-refractivity contribution in [1.29, 1.82) is 0 Å². The van der Waals surface area contributed by atoms with Gasteiger partial charge >= 0.3 is 0 Å². The van der Waals surface area contributed by atoms with Gasteiger partial charge < -0.3 is 25.0 Å². The van der Waals surface area contributed by atoms with Gasteiger partial charge in [-0.3, -0.25) is 9.59 Å². The molecule has 0 spiro atoms. The summed E-state index contributed by atoms with van der Waals surface area (Å²) in [6.45, 7) is 7.60. The molecule has 1 saturated heterocycles. The molecule has 7 heteroatoms. The van der Waals surface area contributed by atoms with E-state index in [0.717, 1.165) is 53.9 Å². The Morgan fingerprint density at radius 2 is 1.42 bits per heavy atom. The van der Waals surface area contributed by atoms with E-state index in [9.17, 15) is 9.59 Å². The summed E-state index contributed by atoms with van der Waals surface area (Å²) in [4.78, 5) is 27.0. The third-order valence-electron chi connectivity index (χ3n) is 7.25. The summed E-state index contributed by atoms with van der Waals surface area (Å²) in [6, 6.07) is 28.7. The minimum Gasteiger partial charge on any atom is -0.496 e. The van der Waals surface area contributed by atoms with Crippen molar-refractivity contribution in [2.24, 2.45) is 0 Å². The van der Waals surface area contributed by atoms with E-state index in [2.05, 4.69) is 34.7 Å². The Kier molecular flexibility index (Phi) is 10.9. The van der Waals surface area contributed by atoms with Crippen molar-refractivity contribution in [2.45, 2.75) is 39.7 Å². The molecule has 7 nitrogen and oxygen atoms in total. The first-order valence-corrected chi connectivity index (χ1v) is 14.8. The second-order valence-corrected chi connectivity index (χ2v) is 10.4. The molecule has 2 amide bonds. The Hall–Kier alpha value is -4.62. The van der Waals surface area contributed by atoms with Crippen molar-refractivity contribution >= 4 is 23.2 Å². The first-order chi connectivity index (χ1) is 20.9. The summed E-state index contributed by atoms with van der Waals surface area (Å²) < 4.78 is 11.7. The molecule has 1 heterocycles. The number of nitrogens with one attached hydrogen (secondary N) is 2. The molecule has 224 valence electrons. The quantitative estimate of drug-likeness (QED) is 0.223. The van der Waals surface area contributed by atoms with Gasteiger partial charge in [0.05, 0.1) is 7.11 Å². The number of hydrogen-bond donors (Lipinski definition) is 2. The summed E-state index contributed by atoms with van der Waals surface area (Å²) >= 11 is 0. The first kappa shape index (κ1) is 31.3. The van der Waals surface area contributed by atoms with Crippen molar-refractivity contribution in [3.8, 4) is 33.8 Å². The van der Waals surface area contributed by atoms with Gasteiger partial charge in [0.1, 0.15) is 17.6 Å². The molecule has 0 unspecified atom stereocenters. The number of amides is 2. The fourth-order valence-electron chi connectivity index (χ4n) is 5.01. The van der Waals surface area contributed by atoms with E-state index in [4.69, 9.17) is 9.47 Å². The highest BCUT2D eigenvalue weighted by atomic mass is 16.5. The molecule has 43 heavy (non-hydrogen) atoms. The maximum atomic E-state index is 13.2. The molecule has 4 aromatic carbocycles. The predicted octanol–water partition coefficient (Wildman–Crippen LogP) is 7.74. The van der Waals surface area contributed by atoms with Crippen LogP contribution in [0.3, 0.4) is 0 Å². The monoisotopic (exact) mass is 579 g/mol. The van der Waals surface area contributed by atoms with Gasteiger partial charge in [-0.1, -0.05) is 50.2 Å². The zero-order chi connectivity index (χ0) is 30.8. The van der Waals surface area contributed by atoms with Gasteiger partial charge in [-0.15, -0.1) is 0 Å². The van der Waals surface area contributed by atoms with Crippen LogP contribution in [0.15, 0.2) is 91.0 Å². The van der Waals surface area contributed by atoms with E-state index in [0.29, 0.717) is 22.7 Å². The molecule has 5 rings (SSSR count). The highest BCUT2D eigenvalue weighted by molar-refractivity contribution is 6.05. The van der Waals surface area contributed by atoms with Crippen LogP contribution >= 0.6 is 0 Å². The predicted molar refractivity (Wildman–Crippen MR) is 175 cm³/mol. The maximum absolute atomic E-state index is 13.2. The third-order valence-corrected chi connectivity index (χ3v) is 7.25. The normalized spacial score (nSPS) is 13.3. The lowest BCUT2D eigenvalue weighted by molar-refractivity contribution is -0.114. The fourth-order valence-corrected chi connectivity index (χ4v) is 5.01. The molecule has 2 N–H and O–H groups in total. The summed E-state index contributed by atoms with van der Waals surface area (Å²) in [5.41, 5.74) is 5.59. The molecule has 1 aliphatic rings. The van der Waals surface area contributed by atoms with Crippen LogP contribution in [-0.2, 0) is 4.79 Å². The molecule has 0 aliphatic carbocycles. The van der Waals surface area contributed by atoms with Crippen LogP contribution in [0.1, 0.15) is 44.0 Å². The molecule has 0 radical (unpaired) electrons. The van der Waals surface area contributed by atoms with Crippen molar-refractivity contribution < 1.29 is 19.1 Å². The van der Waals surface area contributed by atoms with Gasteiger partial charge in [-0.25, -0.2) is 0 Å². The van der Waals surface area contributed by atoms with E-state index in [1.54, 1.807) is 25.3 Å². The topological polar surface area (TPSA) is 79.9 Å². The number of rotatable bonds is 8. The molecule has 1 fully saturated rings. The standard InChI is InChI=1S/C34H35N3O4.C2H6/c1-23(38)35-29-6-4-5-26(21-29)32-22-27(11-16-33(32)40-3)34(39)36-28-12-7-24(8-13-28)25-9-14-30(15-10-25)41-31-17-19-37(2)20-18-31;1-2/h4-16,21-22,31H,17-20H2,1-3H3,(H,35,38)(H,36,39);1-2H3. The van der Waals surface area contributed by atoms with Gasteiger partial charge in [0.25, 0.3) is 5.91 Å². The molecule has 0 aromatic heterocycles. The Bertz CT molecular complexity index is 1510. The van der Waals surface area contributed by atoms with E-state index < -0.39 is 0 Å². The van der Waals surface area contributed by atoms with Gasteiger partial charge in [-0.05, 0) is 91.2 Å².